The Morgan fingerprint density at radius 3 is 2.86 bits per heavy atom. The van der Waals surface area contributed by atoms with Gasteiger partial charge >= 0.3 is 0 Å². The van der Waals surface area contributed by atoms with Crippen LogP contribution in [-0.2, 0) is 4.79 Å². The fourth-order valence-corrected chi connectivity index (χ4v) is 3.60. The van der Waals surface area contributed by atoms with Crippen LogP contribution in [0.3, 0.4) is 0 Å². The smallest absolute Gasteiger partial charge is 0.237 e. The topological polar surface area (TPSA) is 41.1 Å². The van der Waals surface area contributed by atoms with Gasteiger partial charge in [-0.2, -0.15) is 0 Å². The van der Waals surface area contributed by atoms with Gasteiger partial charge in [-0.15, -0.1) is 0 Å². The number of carbonyl (C=O) groups excluding carboxylic acids is 1. The van der Waals surface area contributed by atoms with Crippen LogP contribution in [0.4, 0.5) is 0 Å². The summed E-state index contributed by atoms with van der Waals surface area (Å²) < 4.78 is 0. The third-order valence-electron chi connectivity index (χ3n) is 4.25. The zero-order valence-corrected chi connectivity index (χ0v) is 8.46. The van der Waals surface area contributed by atoms with E-state index in [0.29, 0.717) is 12.0 Å². The molecule has 14 heavy (non-hydrogen) atoms. The van der Waals surface area contributed by atoms with Crippen molar-refractivity contribution in [3.63, 3.8) is 0 Å². The largest absolute Gasteiger partial charge is 0.355 e. The van der Waals surface area contributed by atoms with Crippen molar-refractivity contribution in [2.75, 3.05) is 6.54 Å². The molecular weight excluding hydrogens is 176 g/mol. The van der Waals surface area contributed by atoms with Gasteiger partial charge in [0.15, 0.2) is 0 Å². The van der Waals surface area contributed by atoms with Gasteiger partial charge in [0.25, 0.3) is 0 Å². The summed E-state index contributed by atoms with van der Waals surface area (Å²) >= 11 is 0. The molecule has 1 aliphatic carbocycles. The van der Waals surface area contributed by atoms with Gasteiger partial charge in [-0.1, -0.05) is 12.8 Å². The molecule has 0 unspecified atom stereocenters. The fourth-order valence-electron chi connectivity index (χ4n) is 3.60. The van der Waals surface area contributed by atoms with E-state index in [-0.39, 0.29) is 11.9 Å². The quantitative estimate of drug-likeness (QED) is 0.594. The molecule has 1 amide bonds. The number of hydrogen-bond acceptors (Lipinski definition) is 2. The van der Waals surface area contributed by atoms with Crippen molar-refractivity contribution in [2.45, 2.75) is 44.2 Å². The van der Waals surface area contributed by atoms with Crippen molar-refractivity contribution < 1.29 is 4.79 Å². The molecule has 0 aromatic carbocycles. The van der Waals surface area contributed by atoms with Gasteiger partial charge in [0.1, 0.15) is 0 Å². The van der Waals surface area contributed by atoms with Crippen LogP contribution in [0.5, 0.6) is 0 Å². The van der Waals surface area contributed by atoms with E-state index in [9.17, 15) is 4.79 Å². The summed E-state index contributed by atoms with van der Waals surface area (Å²) in [5, 5.41) is 6.49. The first kappa shape index (κ1) is 8.72. The minimum absolute atomic E-state index is 0.136. The maximum absolute atomic E-state index is 11.6. The summed E-state index contributed by atoms with van der Waals surface area (Å²) in [6.45, 7) is 0.894. The molecule has 4 atom stereocenters. The van der Waals surface area contributed by atoms with E-state index >= 15 is 0 Å². The van der Waals surface area contributed by atoms with Crippen LogP contribution in [-0.4, -0.2) is 24.5 Å². The van der Waals surface area contributed by atoms with Gasteiger partial charge in [-0.25, -0.2) is 0 Å². The minimum atomic E-state index is 0.136. The molecule has 2 saturated heterocycles. The molecule has 0 aromatic rings. The van der Waals surface area contributed by atoms with Crippen molar-refractivity contribution in [1.29, 1.82) is 0 Å². The number of rotatable bonds is 0. The monoisotopic (exact) mass is 194 g/mol. The SMILES string of the molecule is O=C1NCC[C@H]2[C@H]3CCCC[C@@H]3N[C@@H]12. The molecule has 0 radical (unpaired) electrons. The Morgan fingerprint density at radius 2 is 1.93 bits per heavy atom. The van der Waals surface area contributed by atoms with Crippen LogP contribution in [0.25, 0.3) is 0 Å². The number of piperidine rings is 1. The predicted molar refractivity (Wildman–Crippen MR) is 53.8 cm³/mol. The Labute approximate surface area is 84.6 Å². The first-order chi connectivity index (χ1) is 6.86. The number of nitrogens with one attached hydrogen (secondary N) is 2. The van der Waals surface area contributed by atoms with Crippen LogP contribution < -0.4 is 10.6 Å². The maximum Gasteiger partial charge on any atom is 0.237 e. The minimum Gasteiger partial charge on any atom is -0.355 e. The molecule has 0 spiro atoms. The van der Waals surface area contributed by atoms with E-state index in [2.05, 4.69) is 10.6 Å². The van der Waals surface area contributed by atoms with Gasteiger partial charge in [0.05, 0.1) is 6.04 Å². The van der Waals surface area contributed by atoms with Crippen molar-refractivity contribution in [2.24, 2.45) is 11.8 Å². The Hall–Kier alpha value is -0.570. The molecule has 2 heterocycles. The summed E-state index contributed by atoms with van der Waals surface area (Å²) in [6.07, 6.45) is 6.52. The van der Waals surface area contributed by atoms with E-state index < -0.39 is 0 Å². The van der Waals surface area contributed by atoms with Crippen molar-refractivity contribution >= 4 is 5.91 Å². The summed E-state index contributed by atoms with van der Waals surface area (Å²) in [5.41, 5.74) is 0. The lowest BCUT2D eigenvalue weighted by Gasteiger charge is -2.30. The van der Waals surface area contributed by atoms with Gasteiger partial charge in [0, 0.05) is 12.6 Å². The molecule has 3 nitrogen and oxygen atoms in total. The highest BCUT2D eigenvalue weighted by Gasteiger charge is 2.47. The molecule has 78 valence electrons. The number of amides is 1. The molecule has 0 bridgehead atoms. The van der Waals surface area contributed by atoms with Crippen LogP contribution in [0.2, 0.25) is 0 Å². The van der Waals surface area contributed by atoms with Crippen LogP contribution >= 0.6 is 0 Å². The van der Waals surface area contributed by atoms with Gasteiger partial charge in [-0.3, -0.25) is 4.79 Å². The van der Waals surface area contributed by atoms with E-state index in [0.717, 1.165) is 12.5 Å². The zero-order valence-electron chi connectivity index (χ0n) is 8.46. The third-order valence-corrected chi connectivity index (χ3v) is 4.25. The van der Waals surface area contributed by atoms with Crippen molar-refractivity contribution in [1.82, 2.24) is 10.6 Å². The summed E-state index contributed by atoms with van der Waals surface area (Å²) in [5.74, 6) is 1.67. The third kappa shape index (κ3) is 1.18. The highest BCUT2D eigenvalue weighted by molar-refractivity contribution is 5.83. The van der Waals surface area contributed by atoms with E-state index in [4.69, 9.17) is 0 Å². The second kappa shape index (κ2) is 3.23. The average molecular weight is 194 g/mol. The van der Waals surface area contributed by atoms with E-state index in [1.165, 1.54) is 32.1 Å². The molecular formula is C11H18N2O. The summed E-state index contributed by atoms with van der Waals surface area (Å²) in [4.78, 5) is 11.6. The Bertz CT molecular complexity index is 254. The molecule has 3 fully saturated rings. The second-order valence-electron chi connectivity index (χ2n) is 4.94. The molecule has 3 aliphatic rings. The number of hydrogen-bond donors (Lipinski definition) is 2. The molecule has 1 saturated carbocycles. The molecule has 3 rings (SSSR count). The van der Waals surface area contributed by atoms with Crippen LogP contribution in [0, 0.1) is 11.8 Å². The van der Waals surface area contributed by atoms with Gasteiger partial charge < -0.3 is 10.6 Å². The number of fused-ring (bicyclic) bond motifs is 3. The zero-order chi connectivity index (χ0) is 9.54. The van der Waals surface area contributed by atoms with Crippen molar-refractivity contribution in [3.8, 4) is 0 Å². The molecule has 2 aliphatic heterocycles. The van der Waals surface area contributed by atoms with Crippen molar-refractivity contribution in [3.05, 3.63) is 0 Å². The summed E-state index contributed by atoms with van der Waals surface area (Å²) in [7, 11) is 0. The van der Waals surface area contributed by atoms with Crippen LogP contribution in [0.1, 0.15) is 32.1 Å². The van der Waals surface area contributed by atoms with Crippen LogP contribution in [0.15, 0.2) is 0 Å². The first-order valence-corrected chi connectivity index (χ1v) is 5.90. The lowest BCUT2D eigenvalue weighted by atomic mass is 9.76. The molecule has 0 aromatic heterocycles. The Balaban J connectivity index is 1.82. The Morgan fingerprint density at radius 1 is 1.07 bits per heavy atom. The fraction of sp³-hybridized carbons (Fsp3) is 0.909. The predicted octanol–water partition coefficient (Wildman–Crippen LogP) is 0.653. The van der Waals surface area contributed by atoms with E-state index in [1.807, 2.05) is 0 Å². The normalized spacial score (nSPS) is 46.7. The highest BCUT2D eigenvalue weighted by Crippen LogP contribution is 2.40. The van der Waals surface area contributed by atoms with Gasteiger partial charge in [-0.05, 0) is 31.1 Å². The van der Waals surface area contributed by atoms with Gasteiger partial charge in [0.2, 0.25) is 5.91 Å². The lowest BCUT2D eigenvalue weighted by molar-refractivity contribution is -0.125. The Kier molecular flexibility index (Phi) is 2.01. The number of carbonyl (C=O) groups is 1. The lowest BCUT2D eigenvalue weighted by Crippen LogP contribution is -2.49. The second-order valence-corrected chi connectivity index (χ2v) is 4.94. The standard InChI is InChI=1S/C11H18N2O/c14-11-10-8(5-6-12-11)7-3-1-2-4-9(7)13-10/h7-10,13H,1-6H2,(H,12,14)/t7-,8+,9+,10-/m1/s1. The maximum atomic E-state index is 11.6. The highest BCUT2D eigenvalue weighted by atomic mass is 16.2. The average Bonchev–Trinajstić information content (AvgIpc) is 2.59. The molecule has 2 N–H and O–H groups in total. The van der Waals surface area contributed by atoms with E-state index in [1.54, 1.807) is 0 Å². The molecule has 3 heteroatoms. The first-order valence-electron chi connectivity index (χ1n) is 5.90. The summed E-state index contributed by atoms with van der Waals surface area (Å²) in [6, 6.07) is 0.777.